The van der Waals surface area contributed by atoms with Crippen LogP contribution < -0.4 is 10.3 Å². The van der Waals surface area contributed by atoms with Crippen molar-refractivity contribution in [1.82, 2.24) is 4.98 Å². The van der Waals surface area contributed by atoms with Gasteiger partial charge in [-0.2, -0.15) is 0 Å². The molecule has 0 saturated heterocycles. The molecule has 23 heavy (non-hydrogen) atoms. The number of rotatable bonds is 2. The summed E-state index contributed by atoms with van der Waals surface area (Å²) in [6.45, 7) is 4.05. The minimum Gasteiger partial charge on any atom is -0.462 e. The third-order valence-corrected chi connectivity index (χ3v) is 4.07. The van der Waals surface area contributed by atoms with Crippen LogP contribution in [0.4, 0.5) is 5.69 Å². The molecule has 6 heteroatoms. The van der Waals surface area contributed by atoms with Crippen LogP contribution in [0.1, 0.15) is 36.2 Å². The van der Waals surface area contributed by atoms with Gasteiger partial charge in [-0.25, -0.2) is 4.79 Å². The highest BCUT2D eigenvalue weighted by atomic mass is 16.5. The minimum atomic E-state index is -0.642. The molecule has 3 rings (SSSR count). The van der Waals surface area contributed by atoms with Gasteiger partial charge in [0.25, 0.3) is 0 Å². The molecule has 0 unspecified atom stereocenters. The van der Waals surface area contributed by atoms with Crippen molar-refractivity contribution in [2.75, 3.05) is 18.1 Å². The van der Waals surface area contributed by atoms with E-state index in [4.69, 9.17) is 4.74 Å². The number of amides is 1. The van der Waals surface area contributed by atoms with Gasteiger partial charge >= 0.3 is 5.97 Å². The van der Waals surface area contributed by atoms with Crippen LogP contribution in [0.2, 0.25) is 0 Å². The van der Waals surface area contributed by atoms with Crippen molar-refractivity contribution in [3.05, 3.63) is 39.7 Å². The van der Waals surface area contributed by atoms with Crippen LogP contribution in [0, 0.1) is 0 Å². The molecule has 0 aliphatic carbocycles. The highest BCUT2D eigenvalue weighted by Crippen LogP contribution is 2.30. The maximum atomic E-state index is 12.6. The van der Waals surface area contributed by atoms with Crippen molar-refractivity contribution in [2.45, 2.75) is 26.7 Å². The summed E-state index contributed by atoms with van der Waals surface area (Å²) < 4.78 is 4.91. The van der Waals surface area contributed by atoms with E-state index in [9.17, 15) is 14.4 Å². The molecule has 0 spiro atoms. The molecule has 2 aromatic rings. The zero-order valence-corrected chi connectivity index (χ0v) is 13.1. The van der Waals surface area contributed by atoms with Gasteiger partial charge in [0.1, 0.15) is 5.56 Å². The van der Waals surface area contributed by atoms with E-state index in [2.05, 4.69) is 4.98 Å². The summed E-state index contributed by atoms with van der Waals surface area (Å²) in [6, 6.07) is 3.59. The molecule has 1 aromatic heterocycles. The number of nitrogens with zero attached hydrogens (tertiary/aromatic N) is 1. The van der Waals surface area contributed by atoms with Crippen LogP contribution >= 0.6 is 0 Å². The van der Waals surface area contributed by atoms with Gasteiger partial charge in [0.2, 0.25) is 11.3 Å². The van der Waals surface area contributed by atoms with Crippen molar-refractivity contribution in [1.29, 1.82) is 0 Å². The predicted molar refractivity (Wildman–Crippen MR) is 86.9 cm³/mol. The van der Waals surface area contributed by atoms with Crippen LogP contribution in [0.3, 0.4) is 0 Å². The zero-order chi connectivity index (χ0) is 16.6. The molecule has 1 aliphatic rings. The number of fused-ring (bicyclic) bond motifs is 2. The summed E-state index contributed by atoms with van der Waals surface area (Å²) in [4.78, 5) is 40.9. The van der Waals surface area contributed by atoms with Crippen LogP contribution in [-0.4, -0.2) is 30.0 Å². The zero-order valence-electron chi connectivity index (χ0n) is 13.1. The van der Waals surface area contributed by atoms with Gasteiger partial charge in [-0.15, -0.1) is 0 Å². The number of esters is 1. The first-order chi connectivity index (χ1) is 11.0. The van der Waals surface area contributed by atoms with Crippen LogP contribution in [0.15, 0.2) is 23.1 Å². The van der Waals surface area contributed by atoms with Crippen molar-refractivity contribution in [3.8, 4) is 0 Å². The van der Waals surface area contributed by atoms with Gasteiger partial charge in [-0.1, -0.05) is 0 Å². The van der Waals surface area contributed by atoms with E-state index >= 15 is 0 Å². The summed E-state index contributed by atoms with van der Waals surface area (Å²) >= 11 is 0. The van der Waals surface area contributed by atoms with Crippen LogP contribution in [0.25, 0.3) is 10.9 Å². The minimum absolute atomic E-state index is 0.0236. The molecule has 6 nitrogen and oxygen atoms in total. The number of carbonyl (C=O) groups excluding carboxylic acids is 2. The predicted octanol–water partition coefficient (Wildman–Crippen LogP) is 2.00. The first-order valence-corrected chi connectivity index (χ1v) is 7.66. The van der Waals surface area contributed by atoms with Gasteiger partial charge in [0.15, 0.2) is 0 Å². The third kappa shape index (κ3) is 2.60. The van der Waals surface area contributed by atoms with Crippen LogP contribution in [-0.2, 0) is 16.0 Å². The number of aryl methyl sites for hydroxylation is 1. The number of aromatic nitrogens is 1. The Morgan fingerprint density at radius 2 is 2.13 bits per heavy atom. The fraction of sp³-hybridized carbons (Fsp3) is 0.353. The lowest BCUT2D eigenvalue weighted by Crippen LogP contribution is -2.33. The smallest absolute Gasteiger partial charge is 0.343 e. The third-order valence-electron chi connectivity index (χ3n) is 4.07. The Hall–Kier alpha value is -2.63. The maximum Gasteiger partial charge on any atom is 0.343 e. The highest BCUT2D eigenvalue weighted by Gasteiger charge is 2.22. The number of hydrogen-bond acceptors (Lipinski definition) is 4. The normalized spacial score (nSPS) is 13.7. The standard InChI is InChI=1S/C17H18N2O4/c1-3-23-17(22)13-9-18-14-7-11-5-4-6-19(10(2)20)15(11)8-12(14)16(13)21/h7-9H,3-6H2,1-2H3,(H,18,21). The van der Waals surface area contributed by atoms with E-state index in [1.807, 2.05) is 6.07 Å². The summed E-state index contributed by atoms with van der Waals surface area (Å²) in [7, 11) is 0. The second kappa shape index (κ2) is 5.87. The highest BCUT2D eigenvalue weighted by molar-refractivity contribution is 5.98. The summed E-state index contributed by atoms with van der Waals surface area (Å²) in [6.07, 6.45) is 3.14. The van der Waals surface area contributed by atoms with Crippen molar-refractivity contribution in [2.24, 2.45) is 0 Å². The van der Waals surface area contributed by atoms with Crippen molar-refractivity contribution < 1.29 is 14.3 Å². The number of pyridine rings is 1. The number of benzene rings is 1. The summed E-state index contributed by atoms with van der Waals surface area (Å²) in [5.74, 6) is -0.694. The molecule has 0 saturated carbocycles. The second-order valence-corrected chi connectivity index (χ2v) is 5.55. The SMILES string of the molecule is CCOC(=O)c1c[nH]c2cc3c(cc2c1=O)N(C(C)=O)CCC3. The Morgan fingerprint density at radius 1 is 1.35 bits per heavy atom. The first-order valence-electron chi connectivity index (χ1n) is 7.66. The Morgan fingerprint density at radius 3 is 2.83 bits per heavy atom. The number of anilines is 1. The number of ether oxygens (including phenoxy) is 1. The van der Waals surface area contributed by atoms with E-state index in [1.54, 1.807) is 17.9 Å². The Labute approximate surface area is 133 Å². The molecule has 1 amide bonds. The van der Waals surface area contributed by atoms with E-state index in [0.29, 0.717) is 17.4 Å². The van der Waals surface area contributed by atoms with Gasteiger partial charge in [0.05, 0.1) is 6.61 Å². The fourth-order valence-electron chi connectivity index (χ4n) is 2.99. The summed E-state index contributed by atoms with van der Waals surface area (Å²) in [5, 5.41) is 0.391. The lowest BCUT2D eigenvalue weighted by Gasteiger charge is -2.28. The topological polar surface area (TPSA) is 79.5 Å². The Balaban J connectivity index is 2.20. The monoisotopic (exact) mass is 314 g/mol. The van der Waals surface area contributed by atoms with Gasteiger partial charge in [-0.3, -0.25) is 9.59 Å². The lowest BCUT2D eigenvalue weighted by atomic mass is 9.98. The molecule has 120 valence electrons. The van der Waals surface area contributed by atoms with Crippen molar-refractivity contribution in [3.63, 3.8) is 0 Å². The van der Waals surface area contributed by atoms with E-state index in [1.165, 1.54) is 13.1 Å². The second-order valence-electron chi connectivity index (χ2n) is 5.55. The van der Waals surface area contributed by atoms with E-state index < -0.39 is 5.97 Å². The molecule has 0 bridgehead atoms. The lowest BCUT2D eigenvalue weighted by molar-refractivity contribution is -0.116. The molecule has 1 N–H and O–H groups in total. The molecule has 2 heterocycles. The quantitative estimate of drug-likeness (QED) is 0.860. The number of carbonyl (C=O) groups is 2. The van der Waals surface area contributed by atoms with Crippen LogP contribution in [0.5, 0.6) is 0 Å². The van der Waals surface area contributed by atoms with E-state index in [0.717, 1.165) is 24.1 Å². The molecule has 0 fully saturated rings. The van der Waals surface area contributed by atoms with Gasteiger partial charge in [-0.05, 0) is 37.5 Å². The number of aromatic amines is 1. The number of hydrogen-bond donors (Lipinski definition) is 1. The van der Waals surface area contributed by atoms with Gasteiger partial charge < -0.3 is 14.6 Å². The Kier molecular flexibility index (Phi) is 3.90. The molecule has 1 aliphatic heterocycles. The Bertz CT molecular complexity index is 854. The molecule has 0 radical (unpaired) electrons. The van der Waals surface area contributed by atoms with E-state index in [-0.39, 0.29) is 23.5 Å². The summed E-state index contributed by atoms with van der Waals surface area (Å²) in [5.41, 5.74) is 2.03. The molecule has 0 atom stereocenters. The largest absolute Gasteiger partial charge is 0.462 e. The van der Waals surface area contributed by atoms with Gasteiger partial charge in [0, 0.05) is 36.3 Å². The average Bonchev–Trinajstić information content (AvgIpc) is 2.53. The number of nitrogens with one attached hydrogen (secondary N) is 1. The average molecular weight is 314 g/mol. The number of H-pyrrole nitrogens is 1. The first kappa shape index (κ1) is 15.3. The molecule has 1 aromatic carbocycles. The molecular weight excluding hydrogens is 296 g/mol. The fourth-order valence-corrected chi connectivity index (χ4v) is 2.99. The molecular formula is C17H18N2O4. The maximum absolute atomic E-state index is 12.6. The van der Waals surface area contributed by atoms with Crippen molar-refractivity contribution >= 4 is 28.5 Å².